The average molecular weight is 287 g/mol. The third kappa shape index (κ3) is 3.28. The van der Waals surface area contributed by atoms with Gasteiger partial charge in [-0.25, -0.2) is 0 Å². The number of benzene rings is 2. The van der Waals surface area contributed by atoms with E-state index >= 15 is 0 Å². The SMILES string of the molecule is OC(c1ccc(Cl)cc1)c1cccc(C(F)(F)F)c1. The lowest BCUT2D eigenvalue weighted by Gasteiger charge is -2.14. The highest BCUT2D eigenvalue weighted by Crippen LogP contribution is 2.32. The molecule has 2 rings (SSSR count). The van der Waals surface area contributed by atoms with Crippen molar-refractivity contribution < 1.29 is 18.3 Å². The minimum Gasteiger partial charge on any atom is -0.384 e. The van der Waals surface area contributed by atoms with E-state index in [0.29, 0.717) is 10.6 Å². The molecule has 0 radical (unpaired) electrons. The van der Waals surface area contributed by atoms with Crippen LogP contribution in [0.4, 0.5) is 13.2 Å². The summed E-state index contributed by atoms with van der Waals surface area (Å²) in [5.74, 6) is 0. The van der Waals surface area contributed by atoms with Crippen molar-refractivity contribution in [1.29, 1.82) is 0 Å². The lowest BCUT2D eigenvalue weighted by Crippen LogP contribution is -2.07. The van der Waals surface area contributed by atoms with E-state index in [1.807, 2.05) is 0 Å². The molecule has 0 aliphatic rings. The van der Waals surface area contributed by atoms with E-state index in [2.05, 4.69) is 0 Å². The number of aliphatic hydroxyl groups is 1. The van der Waals surface area contributed by atoms with E-state index in [-0.39, 0.29) is 5.56 Å². The first kappa shape index (κ1) is 13.9. The summed E-state index contributed by atoms with van der Waals surface area (Å²) in [6.45, 7) is 0. The van der Waals surface area contributed by atoms with Crippen LogP contribution in [-0.2, 0) is 6.18 Å². The van der Waals surface area contributed by atoms with Crippen molar-refractivity contribution in [1.82, 2.24) is 0 Å². The lowest BCUT2D eigenvalue weighted by atomic mass is 10.00. The molecule has 0 bridgehead atoms. The standard InChI is InChI=1S/C14H10ClF3O/c15-12-6-4-9(5-7-12)13(19)10-2-1-3-11(8-10)14(16,17)18/h1-8,13,19H. The third-order valence-corrected chi connectivity index (χ3v) is 2.97. The van der Waals surface area contributed by atoms with E-state index in [0.717, 1.165) is 12.1 Å². The molecule has 0 fully saturated rings. The van der Waals surface area contributed by atoms with Crippen LogP contribution in [0, 0.1) is 0 Å². The Morgan fingerprint density at radius 1 is 0.947 bits per heavy atom. The van der Waals surface area contributed by atoms with E-state index in [1.54, 1.807) is 24.3 Å². The second-order valence-electron chi connectivity index (χ2n) is 4.08. The second kappa shape index (κ2) is 5.23. The zero-order chi connectivity index (χ0) is 14.0. The quantitative estimate of drug-likeness (QED) is 0.865. The minimum atomic E-state index is -4.42. The molecule has 1 unspecified atom stereocenters. The molecule has 0 heterocycles. The third-order valence-electron chi connectivity index (χ3n) is 2.72. The summed E-state index contributed by atoms with van der Waals surface area (Å²) in [7, 11) is 0. The molecule has 1 N–H and O–H groups in total. The molecule has 0 aliphatic carbocycles. The van der Waals surface area contributed by atoms with Gasteiger partial charge in [-0.2, -0.15) is 13.2 Å². The fourth-order valence-electron chi connectivity index (χ4n) is 1.72. The Morgan fingerprint density at radius 3 is 2.16 bits per heavy atom. The predicted octanol–water partition coefficient (Wildman–Crippen LogP) is 4.44. The predicted molar refractivity (Wildman–Crippen MR) is 67.0 cm³/mol. The molecule has 5 heteroatoms. The van der Waals surface area contributed by atoms with Gasteiger partial charge in [0.1, 0.15) is 6.10 Å². The Hall–Kier alpha value is -1.52. The maximum Gasteiger partial charge on any atom is 0.416 e. The van der Waals surface area contributed by atoms with Gasteiger partial charge in [0.2, 0.25) is 0 Å². The number of rotatable bonds is 2. The molecule has 100 valence electrons. The molecule has 0 aliphatic heterocycles. The fourth-order valence-corrected chi connectivity index (χ4v) is 1.85. The van der Waals surface area contributed by atoms with Gasteiger partial charge in [0, 0.05) is 5.02 Å². The first-order chi connectivity index (χ1) is 8.88. The van der Waals surface area contributed by atoms with Crippen molar-refractivity contribution in [3.63, 3.8) is 0 Å². The number of alkyl halides is 3. The van der Waals surface area contributed by atoms with E-state index < -0.39 is 17.8 Å². The van der Waals surface area contributed by atoms with Gasteiger partial charge in [-0.15, -0.1) is 0 Å². The number of aliphatic hydroxyl groups excluding tert-OH is 1. The summed E-state index contributed by atoms with van der Waals surface area (Å²) in [6, 6.07) is 10.9. The highest BCUT2D eigenvalue weighted by molar-refractivity contribution is 6.30. The van der Waals surface area contributed by atoms with Gasteiger partial charge in [-0.05, 0) is 35.4 Å². The number of hydrogen-bond donors (Lipinski definition) is 1. The van der Waals surface area contributed by atoms with Crippen LogP contribution in [0.1, 0.15) is 22.8 Å². The molecule has 1 atom stereocenters. The highest BCUT2D eigenvalue weighted by Gasteiger charge is 2.30. The van der Waals surface area contributed by atoms with Crippen LogP contribution in [0.3, 0.4) is 0 Å². The molecule has 2 aromatic rings. The van der Waals surface area contributed by atoms with Crippen LogP contribution in [0.2, 0.25) is 5.02 Å². The molecule has 0 saturated carbocycles. The van der Waals surface area contributed by atoms with Gasteiger partial charge in [0.25, 0.3) is 0 Å². The summed E-state index contributed by atoms with van der Waals surface area (Å²) >= 11 is 5.72. The van der Waals surface area contributed by atoms with Crippen molar-refractivity contribution in [2.75, 3.05) is 0 Å². The molecule has 1 nitrogen and oxygen atoms in total. The van der Waals surface area contributed by atoms with Crippen molar-refractivity contribution in [3.05, 3.63) is 70.2 Å². The zero-order valence-corrected chi connectivity index (χ0v) is 10.4. The summed E-state index contributed by atoms with van der Waals surface area (Å²) in [5.41, 5.74) is -0.0983. The zero-order valence-electron chi connectivity index (χ0n) is 9.66. The minimum absolute atomic E-state index is 0.192. The smallest absolute Gasteiger partial charge is 0.384 e. The van der Waals surface area contributed by atoms with E-state index in [9.17, 15) is 18.3 Å². The first-order valence-electron chi connectivity index (χ1n) is 5.48. The van der Waals surface area contributed by atoms with Crippen molar-refractivity contribution >= 4 is 11.6 Å². The number of halogens is 4. The first-order valence-corrected chi connectivity index (χ1v) is 5.86. The van der Waals surface area contributed by atoms with Crippen LogP contribution in [0.25, 0.3) is 0 Å². The van der Waals surface area contributed by atoms with Crippen LogP contribution < -0.4 is 0 Å². The topological polar surface area (TPSA) is 20.2 Å². The Morgan fingerprint density at radius 2 is 1.58 bits per heavy atom. The van der Waals surface area contributed by atoms with Gasteiger partial charge in [0.05, 0.1) is 5.56 Å². The Bertz CT molecular complexity index is 564. The van der Waals surface area contributed by atoms with Gasteiger partial charge < -0.3 is 5.11 Å². The molecule has 0 spiro atoms. The molecule has 0 amide bonds. The van der Waals surface area contributed by atoms with Crippen LogP contribution in [0.15, 0.2) is 48.5 Å². The van der Waals surface area contributed by atoms with Crippen molar-refractivity contribution in [2.24, 2.45) is 0 Å². The fraction of sp³-hybridized carbons (Fsp3) is 0.143. The number of hydrogen-bond acceptors (Lipinski definition) is 1. The highest BCUT2D eigenvalue weighted by atomic mass is 35.5. The van der Waals surface area contributed by atoms with Crippen molar-refractivity contribution in [2.45, 2.75) is 12.3 Å². The second-order valence-corrected chi connectivity index (χ2v) is 4.51. The van der Waals surface area contributed by atoms with Gasteiger partial charge >= 0.3 is 6.18 Å². The summed E-state index contributed by atoms with van der Waals surface area (Å²) < 4.78 is 37.8. The molecule has 19 heavy (non-hydrogen) atoms. The normalized spacial score (nSPS) is 13.3. The van der Waals surface area contributed by atoms with Gasteiger partial charge in [-0.1, -0.05) is 35.9 Å². The average Bonchev–Trinajstić information content (AvgIpc) is 2.38. The van der Waals surface area contributed by atoms with Crippen LogP contribution in [0.5, 0.6) is 0 Å². The van der Waals surface area contributed by atoms with Crippen LogP contribution in [-0.4, -0.2) is 5.11 Å². The van der Waals surface area contributed by atoms with E-state index in [4.69, 9.17) is 11.6 Å². The maximum atomic E-state index is 12.6. The molecule has 0 saturated heterocycles. The summed E-state index contributed by atoms with van der Waals surface area (Å²) in [6.07, 6.45) is -5.53. The Kier molecular flexibility index (Phi) is 3.83. The van der Waals surface area contributed by atoms with Gasteiger partial charge in [-0.3, -0.25) is 0 Å². The maximum absolute atomic E-state index is 12.6. The Balaban J connectivity index is 2.34. The molecular formula is C14H10ClF3O. The molecular weight excluding hydrogens is 277 g/mol. The summed E-state index contributed by atoms with van der Waals surface area (Å²) in [5, 5.41) is 10.6. The van der Waals surface area contributed by atoms with Crippen molar-refractivity contribution in [3.8, 4) is 0 Å². The lowest BCUT2D eigenvalue weighted by molar-refractivity contribution is -0.137. The molecule has 2 aromatic carbocycles. The monoisotopic (exact) mass is 286 g/mol. The molecule has 0 aromatic heterocycles. The largest absolute Gasteiger partial charge is 0.416 e. The Labute approximate surface area is 113 Å². The van der Waals surface area contributed by atoms with E-state index in [1.165, 1.54) is 12.1 Å². The van der Waals surface area contributed by atoms with Gasteiger partial charge in [0.15, 0.2) is 0 Å². The summed E-state index contributed by atoms with van der Waals surface area (Å²) in [4.78, 5) is 0. The van der Waals surface area contributed by atoms with Crippen LogP contribution >= 0.6 is 11.6 Å².